The summed E-state index contributed by atoms with van der Waals surface area (Å²) in [6, 6.07) is 1.73. The second kappa shape index (κ2) is 7.75. The van der Waals surface area contributed by atoms with Crippen molar-refractivity contribution in [3.05, 3.63) is 36.3 Å². The lowest BCUT2D eigenvalue weighted by Gasteiger charge is -2.09. The molecule has 3 aromatic heterocycles. The largest absolute Gasteiger partial charge is 0.367 e. The Labute approximate surface area is 148 Å². The molecule has 0 saturated carbocycles. The summed E-state index contributed by atoms with van der Waals surface area (Å²) in [7, 11) is 0. The highest BCUT2D eigenvalue weighted by Crippen LogP contribution is 2.26. The summed E-state index contributed by atoms with van der Waals surface area (Å²) in [6.07, 6.45) is 3.87. The number of pyridine rings is 1. The maximum atomic E-state index is 13.9. The normalized spacial score (nSPS) is 11.4. The van der Waals surface area contributed by atoms with E-state index in [1.165, 1.54) is 6.07 Å². The smallest absolute Gasteiger partial charge is 0.183 e. The molecular formula is C16H18F2N6S. The van der Waals surface area contributed by atoms with Gasteiger partial charge in [-0.3, -0.25) is 4.72 Å². The van der Waals surface area contributed by atoms with Gasteiger partial charge in [0, 0.05) is 35.5 Å². The van der Waals surface area contributed by atoms with Crippen molar-refractivity contribution >= 4 is 28.8 Å². The molecule has 9 heteroatoms. The zero-order valence-electron chi connectivity index (χ0n) is 13.8. The van der Waals surface area contributed by atoms with Gasteiger partial charge >= 0.3 is 0 Å². The van der Waals surface area contributed by atoms with Crippen molar-refractivity contribution in [2.24, 2.45) is 0 Å². The Morgan fingerprint density at radius 1 is 1.24 bits per heavy atom. The molecule has 6 nitrogen and oxygen atoms in total. The van der Waals surface area contributed by atoms with Crippen LogP contribution in [0.15, 0.2) is 24.7 Å². The van der Waals surface area contributed by atoms with Gasteiger partial charge < -0.3 is 10.3 Å². The average Bonchev–Trinajstić information content (AvgIpc) is 2.99. The van der Waals surface area contributed by atoms with Crippen LogP contribution in [0.5, 0.6) is 0 Å². The Morgan fingerprint density at radius 3 is 2.88 bits per heavy atom. The first kappa shape index (κ1) is 17.6. The van der Waals surface area contributed by atoms with Crippen LogP contribution in [-0.4, -0.2) is 38.3 Å². The Bertz CT molecular complexity index is 867. The minimum Gasteiger partial charge on any atom is -0.367 e. The van der Waals surface area contributed by atoms with Crippen LogP contribution in [0.4, 0.5) is 14.6 Å². The molecule has 0 radical (unpaired) electrons. The van der Waals surface area contributed by atoms with Crippen LogP contribution >= 0.6 is 11.9 Å². The van der Waals surface area contributed by atoms with E-state index < -0.39 is 11.6 Å². The van der Waals surface area contributed by atoms with Gasteiger partial charge in [-0.2, -0.15) is 0 Å². The van der Waals surface area contributed by atoms with Gasteiger partial charge in [0.2, 0.25) is 0 Å². The van der Waals surface area contributed by atoms with Crippen molar-refractivity contribution in [2.45, 2.75) is 19.9 Å². The van der Waals surface area contributed by atoms with Crippen molar-refractivity contribution in [2.75, 3.05) is 17.6 Å². The third-order valence-corrected chi connectivity index (χ3v) is 4.34. The first-order valence-electron chi connectivity index (χ1n) is 7.81. The third kappa shape index (κ3) is 4.23. The molecule has 0 atom stereocenters. The van der Waals surface area contributed by atoms with Crippen LogP contribution in [0, 0.1) is 11.6 Å². The van der Waals surface area contributed by atoms with E-state index in [9.17, 15) is 8.78 Å². The van der Waals surface area contributed by atoms with E-state index in [4.69, 9.17) is 0 Å². The quantitative estimate of drug-likeness (QED) is 0.441. The molecule has 0 saturated heterocycles. The lowest BCUT2D eigenvalue weighted by Crippen LogP contribution is -2.17. The SMILES string of the molecule is CC(C)NSCCNc1nc(-c2c[nH]c3ncc(F)cc23)ncc1F. The molecule has 3 heterocycles. The summed E-state index contributed by atoms with van der Waals surface area (Å²) in [6.45, 7) is 4.65. The van der Waals surface area contributed by atoms with E-state index in [1.54, 1.807) is 18.1 Å². The van der Waals surface area contributed by atoms with E-state index >= 15 is 0 Å². The lowest BCUT2D eigenvalue weighted by atomic mass is 10.2. The molecule has 3 aromatic rings. The van der Waals surface area contributed by atoms with Crippen molar-refractivity contribution in [3.63, 3.8) is 0 Å². The Hall–Kier alpha value is -2.26. The van der Waals surface area contributed by atoms with Crippen molar-refractivity contribution in [1.82, 2.24) is 24.7 Å². The van der Waals surface area contributed by atoms with Gasteiger partial charge in [-0.05, 0) is 19.9 Å². The molecule has 0 spiro atoms. The fraction of sp³-hybridized carbons (Fsp3) is 0.312. The van der Waals surface area contributed by atoms with Crippen LogP contribution < -0.4 is 10.0 Å². The van der Waals surface area contributed by atoms with Crippen molar-refractivity contribution in [3.8, 4) is 11.4 Å². The van der Waals surface area contributed by atoms with Gasteiger partial charge in [0.05, 0.1) is 12.4 Å². The number of rotatable bonds is 7. The van der Waals surface area contributed by atoms with Crippen LogP contribution in [0.25, 0.3) is 22.4 Å². The fourth-order valence-electron chi connectivity index (χ4n) is 2.23. The predicted octanol–water partition coefficient (Wildman–Crippen LogP) is 3.36. The molecule has 3 N–H and O–H groups in total. The number of hydrogen-bond acceptors (Lipinski definition) is 6. The third-order valence-electron chi connectivity index (χ3n) is 3.30. The van der Waals surface area contributed by atoms with Crippen LogP contribution in [-0.2, 0) is 0 Å². The number of fused-ring (bicyclic) bond motifs is 1. The number of aromatic amines is 1. The van der Waals surface area contributed by atoms with Gasteiger partial charge in [0.1, 0.15) is 11.5 Å². The maximum Gasteiger partial charge on any atom is 0.183 e. The first-order chi connectivity index (χ1) is 12.0. The monoisotopic (exact) mass is 364 g/mol. The van der Waals surface area contributed by atoms with E-state index in [1.807, 2.05) is 0 Å². The number of hydrogen-bond donors (Lipinski definition) is 3. The molecule has 0 bridgehead atoms. The second-order valence-corrected chi connectivity index (χ2v) is 6.62. The molecule has 0 fully saturated rings. The molecule has 0 aromatic carbocycles. The zero-order valence-corrected chi connectivity index (χ0v) is 14.6. The highest BCUT2D eigenvalue weighted by molar-refractivity contribution is 7.97. The van der Waals surface area contributed by atoms with E-state index in [2.05, 4.69) is 43.8 Å². The maximum absolute atomic E-state index is 13.9. The summed E-state index contributed by atoms with van der Waals surface area (Å²) in [5.41, 5.74) is 1.09. The Kier molecular flexibility index (Phi) is 5.44. The second-order valence-electron chi connectivity index (χ2n) is 5.69. The molecule has 132 valence electrons. The lowest BCUT2D eigenvalue weighted by molar-refractivity contribution is 0.618. The molecule has 0 amide bonds. The average molecular weight is 364 g/mol. The number of H-pyrrole nitrogens is 1. The first-order valence-corrected chi connectivity index (χ1v) is 8.80. The highest BCUT2D eigenvalue weighted by Gasteiger charge is 2.13. The number of nitrogens with zero attached hydrogens (tertiary/aromatic N) is 3. The van der Waals surface area contributed by atoms with Crippen molar-refractivity contribution < 1.29 is 8.78 Å². The van der Waals surface area contributed by atoms with Gasteiger partial charge in [-0.1, -0.05) is 11.9 Å². The van der Waals surface area contributed by atoms with Crippen LogP contribution in [0.3, 0.4) is 0 Å². The summed E-state index contributed by atoms with van der Waals surface area (Å²) >= 11 is 1.56. The highest BCUT2D eigenvalue weighted by atomic mass is 32.2. The molecule has 0 aliphatic rings. The minimum absolute atomic E-state index is 0.119. The van der Waals surface area contributed by atoms with E-state index in [0.717, 1.165) is 18.1 Å². The van der Waals surface area contributed by atoms with Gasteiger partial charge in [0.15, 0.2) is 17.5 Å². The van der Waals surface area contributed by atoms with Gasteiger partial charge in [-0.15, -0.1) is 0 Å². The van der Waals surface area contributed by atoms with E-state index in [-0.39, 0.29) is 5.82 Å². The molecular weight excluding hydrogens is 346 g/mol. The summed E-state index contributed by atoms with van der Waals surface area (Å²) in [4.78, 5) is 15.1. The Morgan fingerprint density at radius 2 is 2.08 bits per heavy atom. The molecule has 3 rings (SSSR count). The minimum atomic E-state index is -0.533. The number of halogens is 2. The predicted molar refractivity (Wildman–Crippen MR) is 96.3 cm³/mol. The zero-order chi connectivity index (χ0) is 17.8. The molecule has 0 aliphatic carbocycles. The summed E-state index contributed by atoms with van der Waals surface area (Å²) in [5, 5.41) is 3.51. The molecule has 25 heavy (non-hydrogen) atoms. The molecule has 0 unspecified atom stereocenters. The topological polar surface area (TPSA) is 78.5 Å². The fourth-order valence-corrected chi connectivity index (χ4v) is 2.89. The van der Waals surface area contributed by atoms with E-state index in [0.29, 0.717) is 35.0 Å². The molecule has 0 aliphatic heterocycles. The number of aromatic nitrogens is 4. The number of nitrogens with one attached hydrogen (secondary N) is 3. The van der Waals surface area contributed by atoms with Gasteiger partial charge in [0.25, 0.3) is 0 Å². The summed E-state index contributed by atoms with van der Waals surface area (Å²) < 4.78 is 30.6. The number of anilines is 1. The van der Waals surface area contributed by atoms with Crippen molar-refractivity contribution in [1.29, 1.82) is 0 Å². The van der Waals surface area contributed by atoms with Gasteiger partial charge in [-0.25, -0.2) is 23.7 Å². The Balaban J connectivity index is 1.77. The van der Waals surface area contributed by atoms with Crippen LogP contribution in [0.1, 0.15) is 13.8 Å². The van der Waals surface area contributed by atoms with Crippen LogP contribution in [0.2, 0.25) is 0 Å². The standard InChI is InChI=1S/C16H18F2N6S/c1-9(2)24-25-4-3-19-16-13(18)8-22-15(23-16)12-7-21-14-11(12)5-10(17)6-20-14/h5-9,24H,3-4H2,1-2H3,(H,20,21)(H,19,22,23). The summed E-state index contributed by atoms with van der Waals surface area (Å²) in [5.74, 6) is 0.182.